The molecule has 0 spiro atoms. The normalized spacial score (nSPS) is 14.5. The van der Waals surface area contributed by atoms with Crippen molar-refractivity contribution in [1.82, 2.24) is 35.5 Å². The Morgan fingerprint density at radius 3 is 2.78 bits per heavy atom. The van der Waals surface area contributed by atoms with Crippen LogP contribution in [-0.4, -0.2) is 49.3 Å². The predicted octanol–water partition coefficient (Wildman–Crippen LogP) is 5.73. The lowest BCUT2D eigenvalue weighted by atomic mass is 10.0. The summed E-state index contributed by atoms with van der Waals surface area (Å²) in [7, 11) is 0. The van der Waals surface area contributed by atoms with Crippen molar-refractivity contribution in [3.63, 3.8) is 0 Å². The van der Waals surface area contributed by atoms with Crippen LogP contribution in [0.2, 0.25) is 0 Å². The van der Waals surface area contributed by atoms with Crippen LogP contribution in [0.1, 0.15) is 17.7 Å². The minimum Gasteiger partial charge on any atom is -0.489 e. The van der Waals surface area contributed by atoms with E-state index >= 15 is 0 Å². The standard InChI is InChI=1S/C28H25N7OS/c1-16-2-5-24(37-16)21-8-11-31-27-25(21)32-28(33-27)26-22-13-17(3-4-23(22)34-35-26)18-12-20(15-30-14-18)36-19-6-9-29-10-7-19/h2-5,8,11-15,19,29H,6-7,9-10H2,1H3,(H,34,35)(H,31,32,33). The SMILES string of the molecule is Cc1ccc(-c2ccnc3[nH]c(-c4n[nH]c5ccc(-c6cncc(OC7CCNCC7)c6)cc45)nc23)s1. The minimum absolute atomic E-state index is 0.228. The van der Waals surface area contributed by atoms with Crippen LogP contribution in [0.15, 0.2) is 61.1 Å². The fourth-order valence-corrected chi connectivity index (χ4v) is 5.82. The Bertz CT molecular complexity index is 1730. The molecule has 7 rings (SSSR count). The number of aryl methyl sites for hydroxylation is 1. The maximum atomic E-state index is 6.22. The molecule has 184 valence electrons. The summed E-state index contributed by atoms with van der Waals surface area (Å²) in [5, 5.41) is 12.1. The molecule has 3 N–H and O–H groups in total. The zero-order chi connectivity index (χ0) is 24.8. The number of hydrogen-bond acceptors (Lipinski definition) is 7. The summed E-state index contributed by atoms with van der Waals surface area (Å²) in [5.74, 6) is 1.49. The monoisotopic (exact) mass is 507 g/mol. The number of thiophene rings is 1. The van der Waals surface area contributed by atoms with Gasteiger partial charge in [-0.3, -0.25) is 10.1 Å². The Morgan fingerprint density at radius 1 is 1.00 bits per heavy atom. The highest BCUT2D eigenvalue weighted by atomic mass is 32.1. The van der Waals surface area contributed by atoms with Gasteiger partial charge in [0, 0.05) is 38.7 Å². The van der Waals surface area contributed by atoms with E-state index in [2.05, 4.69) is 67.7 Å². The quantitative estimate of drug-likeness (QED) is 0.275. The Balaban J connectivity index is 1.26. The number of aromatic nitrogens is 6. The van der Waals surface area contributed by atoms with Gasteiger partial charge < -0.3 is 15.0 Å². The van der Waals surface area contributed by atoms with E-state index in [1.54, 1.807) is 17.5 Å². The first-order valence-corrected chi connectivity index (χ1v) is 13.3. The number of pyridine rings is 2. The van der Waals surface area contributed by atoms with Gasteiger partial charge in [0.1, 0.15) is 23.1 Å². The lowest BCUT2D eigenvalue weighted by Gasteiger charge is -2.23. The molecule has 9 heteroatoms. The van der Waals surface area contributed by atoms with Gasteiger partial charge in [-0.15, -0.1) is 11.3 Å². The highest BCUT2D eigenvalue weighted by molar-refractivity contribution is 7.15. The molecule has 0 unspecified atom stereocenters. The molecule has 8 nitrogen and oxygen atoms in total. The zero-order valence-electron chi connectivity index (χ0n) is 20.3. The average Bonchev–Trinajstić information content (AvgIpc) is 3.66. The minimum atomic E-state index is 0.228. The van der Waals surface area contributed by atoms with Crippen molar-refractivity contribution in [1.29, 1.82) is 0 Å². The molecule has 5 aromatic heterocycles. The molecule has 6 aromatic rings. The molecule has 1 fully saturated rings. The number of hydrogen-bond donors (Lipinski definition) is 3. The third kappa shape index (κ3) is 4.16. The van der Waals surface area contributed by atoms with Gasteiger partial charge in [-0.1, -0.05) is 6.07 Å². The van der Waals surface area contributed by atoms with Gasteiger partial charge in [0.25, 0.3) is 0 Å². The van der Waals surface area contributed by atoms with E-state index in [0.29, 0.717) is 5.82 Å². The summed E-state index contributed by atoms with van der Waals surface area (Å²) in [4.78, 5) is 19.8. The second kappa shape index (κ2) is 9.10. The predicted molar refractivity (Wildman–Crippen MR) is 147 cm³/mol. The summed E-state index contributed by atoms with van der Waals surface area (Å²) < 4.78 is 6.22. The molecule has 1 saturated heterocycles. The molecule has 1 aliphatic rings. The Labute approximate surface area is 217 Å². The van der Waals surface area contributed by atoms with Crippen LogP contribution in [0, 0.1) is 6.92 Å². The number of H-pyrrole nitrogens is 2. The highest BCUT2D eigenvalue weighted by Gasteiger charge is 2.18. The third-order valence-corrected chi connectivity index (χ3v) is 7.85. The van der Waals surface area contributed by atoms with Crippen LogP contribution >= 0.6 is 11.3 Å². The van der Waals surface area contributed by atoms with Gasteiger partial charge in [-0.2, -0.15) is 5.10 Å². The van der Waals surface area contributed by atoms with Gasteiger partial charge in [0.05, 0.1) is 11.7 Å². The highest BCUT2D eigenvalue weighted by Crippen LogP contribution is 2.35. The van der Waals surface area contributed by atoms with Gasteiger partial charge >= 0.3 is 0 Å². The molecule has 0 atom stereocenters. The smallest absolute Gasteiger partial charge is 0.160 e. The maximum absolute atomic E-state index is 6.22. The molecule has 37 heavy (non-hydrogen) atoms. The van der Waals surface area contributed by atoms with Crippen molar-refractivity contribution in [3.05, 3.63) is 65.9 Å². The number of aromatic amines is 2. The topological polar surface area (TPSA) is 104 Å². The Hall–Kier alpha value is -4.08. The molecular weight excluding hydrogens is 482 g/mol. The summed E-state index contributed by atoms with van der Waals surface area (Å²) in [6.45, 7) is 4.09. The van der Waals surface area contributed by atoms with Crippen LogP contribution in [-0.2, 0) is 0 Å². The molecule has 0 aliphatic carbocycles. The zero-order valence-corrected chi connectivity index (χ0v) is 21.1. The maximum Gasteiger partial charge on any atom is 0.160 e. The van der Waals surface area contributed by atoms with Crippen molar-refractivity contribution >= 4 is 33.4 Å². The summed E-state index contributed by atoms with van der Waals surface area (Å²) in [6.07, 6.45) is 7.73. The van der Waals surface area contributed by atoms with Gasteiger partial charge in [0.15, 0.2) is 11.5 Å². The lowest BCUT2D eigenvalue weighted by Crippen LogP contribution is -2.34. The van der Waals surface area contributed by atoms with Gasteiger partial charge in [-0.25, -0.2) is 9.97 Å². The second-order valence-corrected chi connectivity index (χ2v) is 10.6. The van der Waals surface area contributed by atoms with Crippen LogP contribution in [0.4, 0.5) is 0 Å². The molecule has 1 aromatic carbocycles. The first-order valence-electron chi connectivity index (χ1n) is 12.4. The van der Waals surface area contributed by atoms with E-state index in [1.165, 1.54) is 9.75 Å². The molecule has 0 saturated carbocycles. The number of benzene rings is 1. The van der Waals surface area contributed by atoms with Crippen molar-refractivity contribution in [2.45, 2.75) is 25.9 Å². The van der Waals surface area contributed by atoms with E-state index in [9.17, 15) is 0 Å². The summed E-state index contributed by atoms with van der Waals surface area (Å²) in [6, 6.07) is 14.6. The van der Waals surface area contributed by atoms with Crippen molar-refractivity contribution in [2.24, 2.45) is 0 Å². The summed E-state index contributed by atoms with van der Waals surface area (Å²) >= 11 is 1.75. The van der Waals surface area contributed by atoms with E-state index in [4.69, 9.17) is 9.72 Å². The number of ether oxygens (including phenoxy) is 1. The first-order chi connectivity index (χ1) is 18.2. The Kier molecular flexibility index (Phi) is 5.44. The molecule has 1 aliphatic heterocycles. The van der Waals surface area contributed by atoms with Crippen LogP contribution < -0.4 is 10.1 Å². The van der Waals surface area contributed by atoms with Crippen molar-refractivity contribution in [3.8, 4) is 38.8 Å². The number of rotatable bonds is 5. The van der Waals surface area contributed by atoms with Crippen LogP contribution in [0.5, 0.6) is 5.75 Å². The largest absolute Gasteiger partial charge is 0.489 e. The second-order valence-electron chi connectivity index (χ2n) is 9.36. The lowest BCUT2D eigenvalue weighted by molar-refractivity contribution is 0.162. The number of fused-ring (bicyclic) bond motifs is 2. The van der Waals surface area contributed by atoms with Crippen molar-refractivity contribution < 1.29 is 4.74 Å². The van der Waals surface area contributed by atoms with E-state index in [-0.39, 0.29) is 6.10 Å². The van der Waals surface area contributed by atoms with Gasteiger partial charge in [0.2, 0.25) is 0 Å². The molecule has 0 amide bonds. The first kappa shape index (κ1) is 22.1. The van der Waals surface area contributed by atoms with E-state index < -0.39 is 0 Å². The van der Waals surface area contributed by atoms with Crippen LogP contribution in [0.3, 0.4) is 0 Å². The molecule has 0 bridgehead atoms. The van der Waals surface area contributed by atoms with E-state index in [0.717, 1.165) is 76.1 Å². The number of piperidine rings is 1. The van der Waals surface area contributed by atoms with Gasteiger partial charge in [-0.05, 0) is 74.8 Å². The number of imidazole rings is 1. The number of nitrogens with zero attached hydrogens (tertiary/aromatic N) is 4. The Morgan fingerprint density at radius 2 is 1.92 bits per heavy atom. The fourth-order valence-electron chi connectivity index (χ4n) is 4.92. The number of nitrogens with one attached hydrogen (secondary N) is 3. The average molecular weight is 508 g/mol. The van der Waals surface area contributed by atoms with Crippen molar-refractivity contribution in [2.75, 3.05) is 13.1 Å². The molecule has 6 heterocycles. The fraction of sp³-hybridized carbons (Fsp3) is 0.214. The summed E-state index contributed by atoms with van der Waals surface area (Å²) in [5.41, 5.74) is 6.42. The van der Waals surface area contributed by atoms with E-state index in [1.807, 2.05) is 24.5 Å². The molecular formula is C28H25N7OS. The third-order valence-electron chi connectivity index (χ3n) is 6.81. The van der Waals surface area contributed by atoms with Crippen LogP contribution in [0.25, 0.3) is 55.2 Å². The molecule has 0 radical (unpaired) electrons.